The molecule has 0 aliphatic carbocycles. The van der Waals surface area contributed by atoms with Crippen LogP contribution in [-0.4, -0.2) is 36.5 Å². The summed E-state index contributed by atoms with van der Waals surface area (Å²) in [6, 6.07) is 0. The Hall–Kier alpha value is -1.06. The molecule has 0 heterocycles. The van der Waals surface area contributed by atoms with Gasteiger partial charge in [0.1, 0.15) is 0 Å². The predicted octanol–water partition coefficient (Wildman–Crippen LogP) is 6.37. The van der Waals surface area contributed by atoms with Crippen molar-refractivity contribution in [2.75, 3.05) is 19.7 Å². The van der Waals surface area contributed by atoms with Gasteiger partial charge in [-0.3, -0.25) is 4.79 Å². The van der Waals surface area contributed by atoms with Crippen LogP contribution in [0, 0.1) is 11.8 Å². The van der Waals surface area contributed by atoms with Crippen LogP contribution in [0.2, 0.25) is 0 Å². The summed E-state index contributed by atoms with van der Waals surface area (Å²) in [5, 5.41) is 0. The van der Waals surface area contributed by atoms with Crippen LogP contribution < -0.4 is 0 Å². The number of unbranched alkanes of at least 4 members (excludes halogenated alkanes) is 5. The summed E-state index contributed by atoms with van der Waals surface area (Å²) in [5.74, 6) is -0.164. The van der Waals surface area contributed by atoms with Crippen molar-refractivity contribution in [2.45, 2.75) is 112 Å². The van der Waals surface area contributed by atoms with Gasteiger partial charge in [-0.2, -0.15) is 0 Å². The lowest BCUT2D eigenvalue weighted by atomic mass is 9.95. The Morgan fingerprint density at radius 1 is 0.714 bits per heavy atom. The zero-order chi connectivity index (χ0) is 21.2. The number of ether oxygens (including phenoxy) is 1. The standard InChI is InChI=1S/C24H47NO3/c1-6-11-14-15-18-28-24(27)23(26)25(19-21(9-4)16-12-7-2)20-22(10-5)17-13-8-3/h21-22H,6-20H2,1-5H3. The molecule has 0 spiro atoms. The topological polar surface area (TPSA) is 46.6 Å². The first-order valence-electron chi connectivity index (χ1n) is 12.0. The van der Waals surface area contributed by atoms with Crippen LogP contribution in [0.5, 0.6) is 0 Å². The van der Waals surface area contributed by atoms with Gasteiger partial charge in [0, 0.05) is 13.1 Å². The summed E-state index contributed by atoms with van der Waals surface area (Å²) in [6.45, 7) is 12.6. The molecule has 2 atom stereocenters. The second-order valence-corrected chi connectivity index (χ2v) is 8.24. The molecule has 0 radical (unpaired) electrons. The Morgan fingerprint density at radius 2 is 1.21 bits per heavy atom. The maximum Gasteiger partial charge on any atom is 0.397 e. The molecule has 0 aromatic rings. The third-order valence-electron chi connectivity index (χ3n) is 5.74. The average molecular weight is 398 g/mol. The van der Waals surface area contributed by atoms with E-state index in [1.54, 1.807) is 0 Å². The Balaban J connectivity index is 4.90. The SMILES string of the molecule is CCCCCCOC(=O)C(=O)N(CC(CC)CCCC)CC(CC)CCCC. The van der Waals surface area contributed by atoms with Crippen LogP contribution in [0.4, 0.5) is 0 Å². The van der Waals surface area contributed by atoms with E-state index in [0.29, 0.717) is 31.5 Å². The highest BCUT2D eigenvalue weighted by Gasteiger charge is 2.27. The molecule has 2 unspecified atom stereocenters. The average Bonchev–Trinajstić information content (AvgIpc) is 2.71. The van der Waals surface area contributed by atoms with Crippen LogP contribution in [0.25, 0.3) is 0 Å². The summed E-state index contributed by atoms with van der Waals surface area (Å²) in [5.41, 5.74) is 0. The van der Waals surface area contributed by atoms with Crippen LogP contribution in [-0.2, 0) is 14.3 Å². The number of carbonyl (C=O) groups excluding carboxylic acids is 2. The van der Waals surface area contributed by atoms with Crippen molar-refractivity contribution in [3.05, 3.63) is 0 Å². The molecule has 0 fully saturated rings. The van der Waals surface area contributed by atoms with Gasteiger partial charge in [-0.05, 0) is 31.1 Å². The number of esters is 1. The first-order chi connectivity index (χ1) is 13.5. The molecule has 0 aliphatic heterocycles. The fraction of sp³-hybridized carbons (Fsp3) is 0.917. The van der Waals surface area contributed by atoms with Crippen molar-refractivity contribution < 1.29 is 14.3 Å². The Kier molecular flexibility index (Phi) is 17.3. The van der Waals surface area contributed by atoms with E-state index >= 15 is 0 Å². The minimum atomic E-state index is -0.660. The number of carbonyl (C=O) groups is 2. The van der Waals surface area contributed by atoms with Crippen molar-refractivity contribution >= 4 is 11.9 Å². The zero-order valence-corrected chi connectivity index (χ0v) is 19.4. The molecule has 28 heavy (non-hydrogen) atoms. The van der Waals surface area contributed by atoms with Gasteiger partial charge in [0.05, 0.1) is 6.61 Å². The van der Waals surface area contributed by atoms with E-state index < -0.39 is 11.9 Å². The van der Waals surface area contributed by atoms with Gasteiger partial charge < -0.3 is 9.64 Å². The Morgan fingerprint density at radius 3 is 1.64 bits per heavy atom. The van der Waals surface area contributed by atoms with Crippen LogP contribution >= 0.6 is 0 Å². The monoisotopic (exact) mass is 397 g/mol. The van der Waals surface area contributed by atoms with E-state index in [9.17, 15) is 9.59 Å². The molecule has 4 heteroatoms. The van der Waals surface area contributed by atoms with Crippen molar-refractivity contribution in [3.8, 4) is 0 Å². The zero-order valence-electron chi connectivity index (χ0n) is 19.4. The Bertz CT molecular complexity index is 379. The minimum absolute atomic E-state index is 0.360. The summed E-state index contributed by atoms with van der Waals surface area (Å²) < 4.78 is 5.29. The van der Waals surface area contributed by atoms with Crippen molar-refractivity contribution in [1.29, 1.82) is 0 Å². The van der Waals surface area contributed by atoms with E-state index in [-0.39, 0.29) is 0 Å². The van der Waals surface area contributed by atoms with Crippen LogP contribution in [0.15, 0.2) is 0 Å². The first-order valence-corrected chi connectivity index (χ1v) is 12.0. The molecule has 0 aromatic heterocycles. The van der Waals surface area contributed by atoms with E-state index in [2.05, 4.69) is 34.6 Å². The molecule has 4 nitrogen and oxygen atoms in total. The van der Waals surface area contributed by atoms with Gasteiger partial charge in [0.2, 0.25) is 0 Å². The van der Waals surface area contributed by atoms with Gasteiger partial charge in [-0.25, -0.2) is 4.79 Å². The van der Waals surface area contributed by atoms with E-state index in [1.165, 1.54) is 25.7 Å². The quantitative estimate of drug-likeness (QED) is 0.163. The lowest BCUT2D eigenvalue weighted by Crippen LogP contribution is -2.43. The fourth-order valence-electron chi connectivity index (χ4n) is 3.58. The molecule has 0 bridgehead atoms. The van der Waals surface area contributed by atoms with E-state index in [0.717, 1.165) is 51.4 Å². The lowest BCUT2D eigenvalue weighted by molar-refractivity contribution is -0.161. The maximum atomic E-state index is 12.9. The Labute approximate surface area is 174 Å². The van der Waals surface area contributed by atoms with Crippen molar-refractivity contribution in [1.82, 2.24) is 4.90 Å². The molecule has 0 N–H and O–H groups in total. The number of hydrogen-bond donors (Lipinski definition) is 0. The highest BCUT2D eigenvalue weighted by Crippen LogP contribution is 2.19. The summed E-state index contributed by atoms with van der Waals surface area (Å²) in [6.07, 6.45) is 13.2. The van der Waals surface area contributed by atoms with Crippen LogP contribution in [0.1, 0.15) is 112 Å². The minimum Gasteiger partial charge on any atom is -0.459 e. The second-order valence-electron chi connectivity index (χ2n) is 8.24. The molecule has 0 rings (SSSR count). The number of nitrogens with zero attached hydrogens (tertiary/aromatic N) is 1. The lowest BCUT2D eigenvalue weighted by Gasteiger charge is -2.30. The molecule has 0 aliphatic rings. The third-order valence-corrected chi connectivity index (χ3v) is 5.74. The normalized spacial score (nSPS) is 13.2. The van der Waals surface area contributed by atoms with Gasteiger partial charge in [0.15, 0.2) is 0 Å². The summed E-state index contributed by atoms with van der Waals surface area (Å²) >= 11 is 0. The highest BCUT2D eigenvalue weighted by atomic mass is 16.5. The van der Waals surface area contributed by atoms with Gasteiger partial charge >= 0.3 is 11.9 Å². The maximum absolute atomic E-state index is 12.9. The fourth-order valence-corrected chi connectivity index (χ4v) is 3.58. The molecule has 0 saturated heterocycles. The largest absolute Gasteiger partial charge is 0.459 e. The predicted molar refractivity (Wildman–Crippen MR) is 118 cm³/mol. The van der Waals surface area contributed by atoms with Gasteiger partial charge in [0.25, 0.3) is 0 Å². The highest BCUT2D eigenvalue weighted by molar-refractivity contribution is 6.32. The molecule has 166 valence electrons. The third kappa shape index (κ3) is 12.4. The molecular weight excluding hydrogens is 350 g/mol. The molecular formula is C24H47NO3. The number of amides is 1. The molecule has 0 saturated carbocycles. The first kappa shape index (κ1) is 26.9. The van der Waals surface area contributed by atoms with E-state index in [4.69, 9.17) is 4.74 Å². The van der Waals surface area contributed by atoms with Crippen molar-refractivity contribution in [2.24, 2.45) is 11.8 Å². The van der Waals surface area contributed by atoms with Crippen molar-refractivity contribution in [3.63, 3.8) is 0 Å². The number of rotatable bonds is 17. The smallest absolute Gasteiger partial charge is 0.397 e. The van der Waals surface area contributed by atoms with Gasteiger partial charge in [-0.15, -0.1) is 0 Å². The summed E-state index contributed by atoms with van der Waals surface area (Å²) in [7, 11) is 0. The molecule has 1 amide bonds. The summed E-state index contributed by atoms with van der Waals surface area (Å²) in [4.78, 5) is 27.0. The van der Waals surface area contributed by atoms with Gasteiger partial charge in [-0.1, -0.05) is 92.4 Å². The second kappa shape index (κ2) is 18.0. The van der Waals surface area contributed by atoms with Crippen LogP contribution in [0.3, 0.4) is 0 Å². The van der Waals surface area contributed by atoms with E-state index in [1.807, 2.05) is 4.90 Å². The molecule has 0 aromatic carbocycles. The number of hydrogen-bond acceptors (Lipinski definition) is 3.